The number of halogens is 5. The molecule has 16 heteroatoms. The number of rotatable bonds is 10. The predicted molar refractivity (Wildman–Crippen MR) is 160 cm³/mol. The van der Waals surface area contributed by atoms with Gasteiger partial charge in [-0.05, 0) is 55.3 Å². The van der Waals surface area contributed by atoms with Gasteiger partial charge in [-0.25, -0.2) is 13.2 Å². The summed E-state index contributed by atoms with van der Waals surface area (Å²) in [5, 5.41) is 11.4. The van der Waals surface area contributed by atoms with E-state index in [9.17, 15) is 36.0 Å². The molecule has 44 heavy (non-hydrogen) atoms. The molecule has 1 aliphatic rings. The third-order valence-electron chi connectivity index (χ3n) is 7.38. The van der Waals surface area contributed by atoms with Gasteiger partial charge >= 0.3 is 12.3 Å². The molecule has 2 N–H and O–H groups in total. The van der Waals surface area contributed by atoms with Gasteiger partial charge in [0.15, 0.2) is 9.84 Å². The molecule has 0 saturated carbocycles. The highest BCUT2D eigenvalue weighted by atomic mass is 35.5. The molecule has 0 radical (unpaired) electrons. The minimum absolute atomic E-state index is 0.0787. The second-order valence-electron chi connectivity index (χ2n) is 10.4. The molecule has 1 fully saturated rings. The smallest absolute Gasteiger partial charge is 0.416 e. The van der Waals surface area contributed by atoms with Crippen molar-refractivity contribution in [2.75, 3.05) is 50.9 Å². The van der Waals surface area contributed by atoms with Gasteiger partial charge in [-0.1, -0.05) is 30.1 Å². The van der Waals surface area contributed by atoms with Crippen LogP contribution >= 0.6 is 23.2 Å². The zero-order valence-electron chi connectivity index (χ0n) is 24.2. The lowest BCUT2D eigenvalue weighted by Crippen LogP contribution is -2.44. The Kier molecular flexibility index (Phi) is 11.6. The maximum atomic E-state index is 14.3. The monoisotopic (exact) mass is 680 g/mol. The van der Waals surface area contributed by atoms with Gasteiger partial charge in [-0.3, -0.25) is 14.5 Å². The number of carbonyl (C=O) groups is 3. The predicted octanol–water partition coefficient (Wildman–Crippen LogP) is 5.02. The van der Waals surface area contributed by atoms with Gasteiger partial charge in [0.25, 0.3) is 5.91 Å². The van der Waals surface area contributed by atoms with Crippen LogP contribution in [0.3, 0.4) is 0 Å². The number of alkyl halides is 3. The standard InChI is InChI=1S/C28H33Cl2F3N4O6S/c1-4-44(42,43)24-8-7-19(29)14-23(24)36(3)26(39)18-12-21(28(31,32)33)20(22(30)13-18)16-37-10-5-6-17(15-37)25(38)34-9-11-35(2)27(40)41/h7-8,12-14,17H,4-6,9-11,15-16H2,1-3H3,(H,34,38)(H,40,41)/t17-/m0/s1. The summed E-state index contributed by atoms with van der Waals surface area (Å²) >= 11 is 12.4. The quantitative estimate of drug-likeness (QED) is 0.361. The van der Waals surface area contributed by atoms with Gasteiger partial charge in [0.1, 0.15) is 0 Å². The van der Waals surface area contributed by atoms with Crippen molar-refractivity contribution in [3.05, 3.63) is 57.1 Å². The van der Waals surface area contributed by atoms with E-state index in [1.165, 1.54) is 39.2 Å². The number of anilines is 1. The Bertz CT molecular complexity index is 1520. The molecule has 2 aromatic rings. The molecule has 1 aliphatic heterocycles. The summed E-state index contributed by atoms with van der Waals surface area (Å²) in [6.45, 7) is 1.91. The van der Waals surface area contributed by atoms with Crippen LogP contribution in [-0.4, -0.2) is 87.3 Å². The number of likely N-dealkylation sites (tertiary alicyclic amines) is 1. The zero-order valence-corrected chi connectivity index (χ0v) is 26.6. The van der Waals surface area contributed by atoms with E-state index in [1.54, 1.807) is 4.90 Å². The van der Waals surface area contributed by atoms with Crippen LogP contribution in [0.4, 0.5) is 23.7 Å². The Balaban J connectivity index is 1.86. The Morgan fingerprint density at radius 2 is 1.82 bits per heavy atom. The SMILES string of the molecule is CCS(=O)(=O)c1ccc(Cl)cc1N(C)C(=O)c1cc(Cl)c(CN2CCC[C@H](C(=O)NCCN(C)C(=O)O)C2)c(C(F)(F)F)c1. The van der Waals surface area contributed by atoms with E-state index in [-0.39, 0.29) is 64.0 Å². The summed E-state index contributed by atoms with van der Waals surface area (Å²) in [6.07, 6.45) is -4.98. The highest BCUT2D eigenvalue weighted by Crippen LogP contribution is 2.38. The van der Waals surface area contributed by atoms with Crippen molar-refractivity contribution in [3.63, 3.8) is 0 Å². The van der Waals surface area contributed by atoms with Crippen LogP contribution in [-0.2, 0) is 27.4 Å². The molecule has 3 amide bonds. The van der Waals surface area contributed by atoms with Crippen LogP contribution in [0.15, 0.2) is 35.2 Å². The summed E-state index contributed by atoms with van der Waals surface area (Å²) in [6, 6.07) is 5.61. The average Bonchev–Trinajstić information content (AvgIpc) is 2.96. The third kappa shape index (κ3) is 8.55. The van der Waals surface area contributed by atoms with Crippen molar-refractivity contribution < 1.29 is 41.1 Å². The largest absolute Gasteiger partial charge is 0.465 e. The Morgan fingerprint density at radius 1 is 1.14 bits per heavy atom. The van der Waals surface area contributed by atoms with Crippen LogP contribution in [0.5, 0.6) is 0 Å². The summed E-state index contributed by atoms with van der Waals surface area (Å²) in [5.74, 6) is -2.05. The molecule has 1 atom stereocenters. The molecule has 0 aliphatic carbocycles. The minimum Gasteiger partial charge on any atom is -0.465 e. The van der Waals surface area contributed by atoms with Crippen molar-refractivity contribution >= 4 is 56.6 Å². The fourth-order valence-corrected chi connectivity index (χ4v) is 6.42. The number of hydrogen-bond donors (Lipinski definition) is 2. The first-order chi connectivity index (χ1) is 20.5. The second-order valence-corrected chi connectivity index (χ2v) is 13.5. The Labute approximate surface area is 263 Å². The first-order valence-corrected chi connectivity index (χ1v) is 16.0. The van der Waals surface area contributed by atoms with Crippen molar-refractivity contribution in [1.82, 2.24) is 15.1 Å². The summed E-state index contributed by atoms with van der Waals surface area (Å²) in [4.78, 5) is 40.4. The van der Waals surface area contributed by atoms with Gasteiger partial charge in [0, 0.05) is 55.9 Å². The lowest BCUT2D eigenvalue weighted by Gasteiger charge is -2.33. The van der Waals surface area contributed by atoms with Crippen LogP contribution in [0.2, 0.25) is 10.0 Å². The number of nitrogens with zero attached hydrogens (tertiary/aromatic N) is 3. The van der Waals surface area contributed by atoms with Crippen molar-refractivity contribution in [3.8, 4) is 0 Å². The molecule has 0 spiro atoms. The van der Waals surface area contributed by atoms with Crippen molar-refractivity contribution in [2.45, 2.75) is 37.4 Å². The second kappa shape index (κ2) is 14.4. The van der Waals surface area contributed by atoms with Gasteiger partial charge in [0.05, 0.1) is 27.8 Å². The molecule has 242 valence electrons. The topological polar surface area (TPSA) is 127 Å². The number of benzene rings is 2. The number of piperidine rings is 1. The molecule has 3 rings (SSSR count). The van der Waals surface area contributed by atoms with Crippen molar-refractivity contribution in [2.24, 2.45) is 5.92 Å². The number of amides is 3. The number of carbonyl (C=O) groups excluding carboxylic acids is 2. The Hall–Kier alpha value is -3.07. The lowest BCUT2D eigenvalue weighted by atomic mass is 9.95. The average molecular weight is 682 g/mol. The van der Waals surface area contributed by atoms with E-state index in [0.29, 0.717) is 25.5 Å². The van der Waals surface area contributed by atoms with E-state index in [2.05, 4.69) is 5.32 Å². The first kappa shape index (κ1) is 35.4. The van der Waals surface area contributed by atoms with Crippen LogP contribution in [0.25, 0.3) is 0 Å². The molecule has 2 aromatic carbocycles. The number of hydrogen-bond acceptors (Lipinski definition) is 6. The van der Waals surface area contributed by atoms with E-state index >= 15 is 0 Å². The van der Waals surface area contributed by atoms with Crippen LogP contribution in [0, 0.1) is 5.92 Å². The van der Waals surface area contributed by atoms with E-state index in [4.69, 9.17) is 28.3 Å². The fourth-order valence-electron chi connectivity index (χ4n) is 4.87. The van der Waals surface area contributed by atoms with E-state index in [0.717, 1.165) is 15.9 Å². The van der Waals surface area contributed by atoms with Gasteiger partial charge in [-0.15, -0.1) is 0 Å². The lowest BCUT2D eigenvalue weighted by molar-refractivity contribution is -0.138. The van der Waals surface area contributed by atoms with Crippen LogP contribution < -0.4 is 10.2 Å². The van der Waals surface area contributed by atoms with Crippen LogP contribution in [0.1, 0.15) is 41.3 Å². The molecule has 10 nitrogen and oxygen atoms in total. The fraction of sp³-hybridized carbons (Fsp3) is 0.464. The number of likely N-dealkylation sites (N-methyl/N-ethyl adjacent to an activating group) is 1. The summed E-state index contributed by atoms with van der Waals surface area (Å²) in [5.41, 5.74) is -1.89. The number of nitrogens with one attached hydrogen (secondary N) is 1. The Morgan fingerprint density at radius 3 is 2.43 bits per heavy atom. The molecule has 0 bridgehead atoms. The minimum atomic E-state index is -4.89. The molecule has 1 heterocycles. The number of carboxylic acid groups (broad SMARTS) is 1. The summed E-state index contributed by atoms with van der Waals surface area (Å²) in [7, 11) is -1.22. The molecule has 1 saturated heterocycles. The maximum absolute atomic E-state index is 14.3. The maximum Gasteiger partial charge on any atom is 0.416 e. The van der Waals surface area contributed by atoms with Crippen molar-refractivity contribution in [1.29, 1.82) is 0 Å². The first-order valence-electron chi connectivity index (χ1n) is 13.6. The normalized spacial score (nSPS) is 16.0. The van der Waals surface area contributed by atoms with Gasteiger partial charge in [0.2, 0.25) is 5.91 Å². The zero-order chi connectivity index (χ0) is 33.0. The molecular formula is C28H33Cl2F3N4O6S. The number of sulfone groups is 1. The van der Waals surface area contributed by atoms with E-state index < -0.39 is 45.1 Å². The van der Waals surface area contributed by atoms with E-state index in [1.807, 2.05) is 0 Å². The van der Waals surface area contributed by atoms with Gasteiger partial charge in [-0.2, -0.15) is 13.2 Å². The third-order valence-corrected chi connectivity index (χ3v) is 9.73. The molecular weight excluding hydrogens is 648 g/mol. The highest BCUT2D eigenvalue weighted by molar-refractivity contribution is 7.91. The highest BCUT2D eigenvalue weighted by Gasteiger charge is 2.37. The molecule has 0 aromatic heterocycles. The molecule has 0 unspecified atom stereocenters. The summed E-state index contributed by atoms with van der Waals surface area (Å²) < 4.78 is 68.2. The van der Waals surface area contributed by atoms with Gasteiger partial charge < -0.3 is 20.2 Å².